The van der Waals surface area contributed by atoms with Crippen molar-refractivity contribution in [1.82, 2.24) is 14.9 Å². The van der Waals surface area contributed by atoms with Crippen LogP contribution in [0.5, 0.6) is 0 Å². The van der Waals surface area contributed by atoms with Crippen molar-refractivity contribution in [3.05, 3.63) is 30.1 Å². The lowest BCUT2D eigenvalue weighted by Crippen LogP contribution is -2.21. The molecule has 2 aromatic heterocycles. The molecular formula is C15H23N3O2S. The van der Waals surface area contributed by atoms with Crippen LogP contribution in [-0.2, 0) is 22.9 Å². The Morgan fingerprint density at radius 2 is 2.14 bits per heavy atom. The lowest BCUT2D eigenvalue weighted by Gasteiger charge is -2.06. The average Bonchev–Trinajstić information content (AvgIpc) is 2.74. The van der Waals surface area contributed by atoms with E-state index < -0.39 is 9.84 Å². The molecule has 2 rings (SSSR count). The predicted molar refractivity (Wildman–Crippen MR) is 86.0 cm³/mol. The van der Waals surface area contributed by atoms with E-state index in [9.17, 15) is 8.42 Å². The molecule has 21 heavy (non-hydrogen) atoms. The van der Waals surface area contributed by atoms with Crippen LogP contribution in [0, 0.1) is 0 Å². The van der Waals surface area contributed by atoms with E-state index in [0.717, 1.165) is 17.6 Å². The highest BCUT2D eigenvalue weighted by Crippen LogP contribution is 2.19. The van der Waals surface area contributed by atoms with Gasteiger partial charge in [0.2, 0.25) is 0 Å². The number of aryl methyl sites for hydroxylation is 1. The zero-order valence-corrected chi connectivity index (χ0v) is 13.7. The number of pyridine rings is 1. The lowest BCUT2D eigenvalue weighted by atomic mass is 10.2. The summed E-state index contributed by atoms with van der Waals surface area (Å²) < 4.78 is 24.5. The maximum Gasteiger partial charge on any atom is 0.147 e. The normalized spacial score (nSPS) is 12.4. The van der Waals surface area contributed by atoms with Crippen LogP contribution in [0.1, 0.15) is 25.8 Å². The molecule has 0 saturated heterocycles. The van der Waals surface area contributed by atoms with Gasteiger partial charge in [-0.15, -0.1) is 0 Å². The first-order valence-corrected chi connectivity index (χ1v) is 9.27. The first-order valence-electron chi connectivity index (χ1n) is 7.20. The Morgan fingerprint density at radius 1 is 1.38 bits per heavy atom. The maximum atomic E-state index is 11.2. The van der Waals surface area contributed by atoms with E-state index in [-0.39, 0.29) is 5.75 Å². The van der Waals surface area contributed by atoms with Gasteiger partial charge in [0.05, 0.1) is 5.75 Å². The molecule has 1 N–H and O–H groups in total. The molecule has 0 amide bonds. The molecule has 0 aromatic carbocycles. The van der Waals surface area contributed by atoms with E-state index in [1.807, 2.05) is 6.07 Å². The minimum Gasteiger partial charge on any atom is -0.332 e. The molecule has 0 bridgehead atoms. The second-order valence-electron chi connectivity index (χ2n) is 5.74. The summed E-state index contributed by atoms with van der Waals surface area (Å²) in [4.78, 5) is 4.43. The van der Waals surface area contributed by atoms with Crippen LogP contribution in [0.15, 0.2) is 24.5 Å². The minimum absolute atomic E-state index is 0.207. The van der Waals surface area contributed by atoms with Crippen molar-refractivity contribution in [2.75, 3.05) is 12.0 Å². The Balaban J connectivity index is 2.19. The Labute approximate surface area is 126 Å². The third-order valence-electron chi connectivity index (χ3n) is 3.33. The molecule has 2 aromatic rings. The summed E-state index contributed by atoms with van der Waals surface area (Å²) in [6.45, 7) is 5.69. The number of nitrogens with one attached hydrogen (secondary N) is 1. The third-order valence-corrected chi connectivity index (χ3v) is 4.36. The quantitative estimate of drug-likeness (QED) is 0.849. The summed E-state index contributed by atoms with van der Waals surface area (Å²) in [5, 5.41) is 4.54. The molecule has 0 atom stereocenters. The molecule has 0 aliphatic carbocycles. The van der Waals surface area contributed by atoms with Gasteiger partial charge in [0.25, 0.3) is 0 Å². The molecular weight excluding hydrogens is 286 g/mol. The lowest BCUT2D eigenvalue weighted by molar-refractivity contribution is 0.585. The zero-order chi connectivity index (χ0) is 15.5. The van der Waals surface area contributed by atoms with Crippen molar-refractivity contribution in [2.24, 2.45) is 0 Å². The van der Waals surface area contributed by atoms with Crippen molar-refractivity contribution in [2.45, 2.75) is 39.4 Å². The SMILES string of the molecule is CC(C)NCc1cn(CCCS(C)(=O)=O)c2ncccc12. The first kappa shape index (κ1) is 16.0. The molecule has 0 saturated carbocycles. The highest BCUT2D eigenvalue weighted by molar-refractivity contribution is 7.90. The fraction of sp³-hybridized carbons (Fsp3) is 0.533. The zero-order valence-electron chi connectivity index (χ0n) is 12.8. The summed E-state index contributed by atoms with van der Waals surface area (Å²) in [5.74, 6) is 0.207. The Morgan fingerprint density at radius 3 is 2.81 bits per heavy atom. The van der Waals surface area contributed by atoms with Crippen molar-refractivity contribution < 1.29 is 8.42 Å². The molecule has 6 heteroatoms. The largest absolute Gasteiger partial charge is 0.332 e. The Hall–Kier alpha value is -1.40. The molecule has 0 aliphatic heterocycles. The number of rotatable bonds is 7. The van der Waals surface area contributed by atoms with Gasteiger partial charge in [-0.1, -0.05) is 13.8 Å². The van der Waals surface area contributed by atoms with Crippen LogP contribution in [0.25, 0.3) is 11.0 Å². The molecule has 0 unspecified atom stereocenters. The summed E-state index contributed by atoms with van der Waals surface area (Å²) in [6, 6.07) is 4.42. The van der Waals surface area contributed by atoms with Crippen LogP contribution in [0.4, 0.5) is 0 Å². The van der Waals surface area contributed by atoms with E-state index in [1.165, 1.54) is 11.8 Å². The standard InChI is InChI=1S/C15H23N3O2S/c1-12(2)17-10-13-11-18(8-5-9-21(3,19)20)15-14(13)6-4-7-16-15/h4,6-7,11-12,17H,5,8-10H2,1-3H3. The van der Waals surface area contributed by atoms with Crippen molar-refractivity contribution in [3.63, 3.8) is 0 Å². The van der Waals surface area contributed by atoms with Gasteiger partial charge in [-0.25, -0.2) is 13.4 Å². The minimum atomic E-state index is -2.91. The Kier molecular flexibility index (Phi) is 5.00. The third kappa shape index (κ3) is 4.54. The van der Waals surface area contributed by atoms with Gasteiger partial charge >= 0.3 is 0 Å². The van der Waals surface area contributed by atoms with Crippen molar-refractivity contribution in [1.29, 1.82) is 0 Å². The topological polar surface area (TPSA) is 64.0 Å². The fourth-order valence-corrected chi connectivity index (χ4v) is 2.97. The second kappa shape index (κ2) is 6.58. The molecule has 2 heterocycles. The van der Waals surface area contributed by atoms with Gasteiger partial charge in [0.15, 0.2) is 0 Å². The highest BCUT2D eigenvalue weighted by Gasteiger charge is 2.10. The van der Waals surface area contributed by atoms with E-state index in [2.05, 4.69) is 41.0 Å². The molecule has 5 nitrogen and oxygen atoms in total. The van der Waals surface area contributed by atoms with E-state index in [4.69, 9.17) is 0 Å². The number of hydrogen-bond acceptors (Lipinski definition) is 4. The number of sulfone groups is 1. The number of hydrogen-bond donors (Lipinski definition) is 1. The van der Waals surface area contributed by atoms with Crippen LogP contribution in [0.3, 0.4) is 0 Å². The number of nitrogens with zero attached hydrogens (tertiary/aromatic N) is 2. The van der Waals surface area contributed by atoms with Crippen LogP contribution >= 0.6 is 0 Å². The van der Waals surface area contributed by atoms with E-state index in [1.54, 1.807) is 6.20 Å². The summed E-state index contributed by atoms with van der Waals surface area (Å²) in [5.41, 5.74) is 2.12. The van der Waals surface area contributed by atoms with Crippen LogP contribution in [0.2, 0.25) is 0 Å². The average molecular weight is 309 g/mol. The van der Waals surface area contributed by atoms with Crippen molar-refractivity contribution >= 4 is 20.9 Å². The van der Waals surface area contributed by atoms with E-state index in [0.29, 0.717) is 19.0 Å². The Bertz CT molecular complexity index is 705. The van der Waals surface area contributed by atoms with Crippen LogP contribution in [-0.4, -0.2) is 36.0 Å². The van der Waals surface area contributed by atoms with Crippen molar-refractivity contribution in [3.8, 4) is 0 Å². The molecule has 116 valence electrons. The van der Waals surface area contributed by atoms with E-state index >= 15 is 0 Å². The maximum absolute atomic E-state index is 11.2. The number of aromatic nitrogens is 2. The summed E-state index contributed by atoms with van der Waals surface area (Å²) in [7, 11) is -2.91. The predicted octanol–water partition coefficient (Wildman–Crippen LogP) is 1.97. The molecule has 0 fully saturated rings. The van der Waals surface area contributed by atoms with Crippen LogP contribution < -0.4 is 5.32 Å². The monoisotopic (exact) mass is 309 g/mol. The highest BCUT2D eigenvalue weighted by atomic mass is 32.2. The van der Waals surface area contributed by atoms with Gasteiger partial charge in [-0.2, -0.15) is 0 Å². The fourth-order valence-electron chi connectivity index (χ4n) is 2.32. The van der Waals surface area contributed by atoms with Gasteiger partial charge < -0.3 is 9.88 Å². The molecule has 0 aliphatic rings. The summed E-state index contributed by atoms with van der Waals surface area (Å²) >= 11 is 0. The first-order chi connectivity index (χ1) is 9.87. The molecule has 0 radical (unpaired) electrons. The number of fused-ring (bicyclic) bond motifs is 1. The molecule has 0 spiro atoms. The van der Waals surface area contributed by atoms with Gasteiger partial charge in [0.1, 0.15) is 15.5 Å². The van der Waals surface area contributed by atoms with Gasteiger partial charge in [-0.05, 0) is 24.1 Å². The smallest absolute Gasteiger partial charge is 0.147 e. The van der Waals surface area contributed by atoms with Gasteiger partial charge in [-0.3, -0.25) is 0 Å². The summed E-state index contributed by atoms with van der Waals surface area (Å²) in [6.07, 6.45) is 5.73. The van der Waals surface area contributed by atoms with Gasteiger partial charge in [0, 0.05) is 43.2 Å². The second-order valence-corrected chi connectivity index (χ2v) is 8.00.